The molecule has 4 rings (SSSR count). The van der Waals surface area contributed by atoms with Gasteiger partial charge >= 0.3 is 0 Å². The highest BCUT2D eigenvalue weighted by Gasteiger charge is 2.09. The second-order valence-corrected chi connectivity index (χ2v) is 5.84. The highest BCUT2D eigenvalue weighted by molar-refractivity contribution is 5.84. The molecule has 4 heteroatoms. The van der Waals surface area contributed by atoms with E-state index in [1.165, 1.54) is 22.0 Å². The summed E-state index contributed by atoms with van der Waals surface area (Å²) < 4.78 is 4.34. The van der Waals surface area contributed by atoms with Crippen LogP contribution < -0.4 is 0 Å². The molecule has 0 aliphatic heterocycles. The van der Waals surface area contributed by atoms with E-state index in [4.69, 9.17) is 5.26 Å². The summed E-state index contributed by atoms with van der Waals surface area (Å²) in [5.41, 5.74) is 4.37. The number of aromatic nitrogens is 3. The van der Waals surface area contributed by atoms with Crippen molar-refractivity contribution in [2.24, 2.45) is 0 Å². The van der Waals surface area contributed by atoms with Crippen molar-refractivity contribution >= 4 is 10.9 Å². The number of para-hydroxylation sites is 1. The molecule has 2 heterocycles. The van der Waals surface area contributed by atoms with Crippen LogP contribution >= 0.6 is 0 Å². The number of imidazole rings is 1. The maximum Gasteiger partial charge on any atom is 0.0991 e. The summed E-state index contributed by atoms with van der Waals surface area (Å²) in [5.74, 6) is 0. The number of benzene rings is 2. The zero-order valence-corrected chi connectivity index (χ0v) is 13.1. The van der Waals surface area contributed by atoms with Crippen molar-refractivity contribution in [1.82, 2.24) is 14.1 Å². The lowest BCUT2D eigenvalue weighted by molar-refractivity contribution is 0.783. The van der Waals surface area contributed by atoms with E-state index in [1.54, 1.807) is 6.20 Å². The average molecular weight is 312 g/mol. The first-order valence-electron chi connectivity index (χ1n) is 7.85. The van der Waals surface area contributed by atoms with Crippen LogP contribution in [0, 0.1) is 11.3 Å². The van der Waals surface area contributed by atoms with E-state index in [0.717, 1.165) is 13.1 Å². The lowest BCUT2D eigenvalue weighted by Gasteiger charge is -2.05. The number of hydrogen-bond donors (Lipinski definition) is 0. The Bertz CT molecular complexity index is 1000. The van der Waals surface area contributed by atoms with Gasteiger partial charge in [0.05, 0.1) is 24.5 Å². The van der Waals surface area contributed by atoms with Crippen LogP contribution in [-0.4, -0.2) is 14.1 Å². The minimum absolute atomic E-state index is 0.692. The summed E-state index contributed by atoms with van der Waals surface area (Å²) >= 11 is 0. The molecule has 0 bridgehead atoms. The van der Waals surface area contributed by atoms with Crippen molar-refractivity contribution in [3.8, 4) is 6.07 Å². The van der Waals surface area contributed by atoms with Gasteiger partial charge in [0.1, 0.15) is 0 Å². The van der Waals surface area contributed by atoms with Crippen LogP contribution in [0.1, 0.15) is 16.7 Å². The fraction of sp³-hybridized carbons (Fsp3) is 0.100. The van der Waals surface area contributed by atoms with Gasteiger partial charge in [0.15, 0.2) is 0 Å². The molecular weight excluding hydrogens is 296 g/mol. The molecule has 0 aliphatic rings. The normalized spacial score (nSPS) is 10.8. The molecule has 24 heavy (non-hydrogen) atoms. The molecule has 2 aromatic heterocycles. The predicted octanol–water partition coefficient (Wildman–Crippen LogP) is 3.81. The van der Waals surface area contributed by atoms with Gasteiger partial charge in [-0.3, -0.25) is 0 Å². The Morgan fingerprint density at radius 2 is 1.83 bits per heavy atom. The first kappa shape index (κ1) is 14.3. The monoisotopic (exact) mass is 312 g/mol. The number of rotatable bonds is 4. The minimum Gasteiger partial charge on any atom is -0.343 e. The van der Waals surface area contributed by atoms with Crippen LogP contribution in [0.25, 0.3) is 10.9 Å². The van der Waals surface area contributed by atoms with Crippen molar-refractivity contribution in [2.45, 2.75) is 13.1 Å². The van der Waals surface area contributed by atoms with Crippen molar-refractivity contribution in [1.29, 1.82) is 5.26 Å². The second kappa shape index (κ2) is 6.05. The summed E-state index contributed by atoms with van der Waals surface area (Å²) in [4.78, 5) is 4.12. The van der Waals surface area contributed by atoms with Crippen LogP contribution in [0.15, 0.2) is 73.4 Å². The van der Waals surface area contributed by atoms with E-state index >= 15 is 0 Å². The van der Waals surface area contributed by atoms with E-state index < -0.39 is 0 Å². The van der Waals surface area contributed by atoms with Gasteiger partial charge < -0.3 is 9.13 Å². The number of nitriles is 1. The van der Waals surface area contributed by atoms with E-state index in [2.05, 4.69) is 50.6 Å². The van der Waals surface area contributed by atoms with Crippen LogP contribution in [0.3, 0.4) is 0 Å². The Balaban J connectivity index is 1.71. The first-order valence-corrected chi connectivity index (χ1v) is 7.85. The van der Waals surface area contributed by atoms with Crippen LogP contribution in [0.4, 0.5) is 0 Å². The Kier molecular flexibility index (Phi) is 3.60. The fourth-order valence-electron chi connectivity index (χ4n) is 3.04. The molecular formula is C20H16N4. The maximum atomic E-state index is 8.92. The smallest absolute Gasteiger partial charge is 0.0991 e. The summed E-state index contributed by atoms with van der Waals surface area (Å²) in [6.45, 7) is 1.59. The van der Waals surface area contributed by atoms with Crippen LogP contribution in [-0.2, 0) is 13.1 Å². The van der Waals surface area contributed by atoms with E-state index in [9.17, 15) is 0 Å². The zero-order valence-electron chi connectivity index (χ0n) is 13.1. The van der Waals surface area contributed by atoms with E-state index in [-0.39, 0.29) is 0 Å². The van der Waals surface area contributed by atoms with E-state index in [1.807, 2.05) is 36.8 Å². The molecule has 0 spiro atoms. The summed E-state index contributed by atoms with van der Waals surface area (Å²) in [5, 5.41) is 10.2. The lowest BCUT2D eigenvalue weighted by Crippen LogP contribution is -1.98. The Morgan fingerprint density at radius 3 is 2.58 bits per heavy atom. The lowest BCUT2D eigenvalue weighted by atomic mass is 10.1. The molecule has 4 nitrogen and oxygen atoms in total. The summed E-state index contributed by atoms with van der Waals surface area (Å²) in [6.07, 6.45) is 7.83. The topological polar surface area (TPSA) is 46.5 Å². The average Bonchev–Trinajstić information content (AvgIpc) is 3.25. The molecule has 0 saturated carbocycles. The number of fused-ring (bicyclic) bond motifs is 1. The Labute approximate surface area is 140 Å². The third-order valence-electron chi connectivity index (χ3n) is 4.22. The zero-order chi connectivity index (χ0) is 16.4. The highest BCUT2D eigenvalue weighted by Crippen LogP contribution is 2.23. The molecule has 0 radical (unpaired) electrons. The van der Waals surface area contributed by atoms with Crippen molar-refractivity contribution in [3.63, 3.8) is 0 Å². The molecule has 0 N–H and O–H groups in total. The Hall–Kier alpha value is -3.32. The maximum absolute atomic E-state index is 8.92. The van der Waals surface area contributed by atoms with Crippen LogP contribution in [0.5, 0.6) is 0 Å². The molecule has 0 atom stereocenters. The van der Waals surface area contributed by atoms with Gasteiger partial charge in [-0.1, -0.05) is 30.3 Å². The molecule has 116 valence electrons. The number of hydrogen-bond acceptors (Lipinski definition) is 2. The molecule has 0 aliphatic carbocycles. The molecule has 0 fully saturated rings. The van der Waals surface area contributed by atoms with Crippen molar-refractivity contribution < 1.29 is 0 Å². The second-order valence-electron chi connectivity index (χ2n) is 5.84. The third kappa shape index (κ3) is 2.68. The third-order valence-corrected chi connectivity index (χ3v) is 4.22. The van der Waals surface area contributed by atoms with Gasteiger partial charge in [-0.2, -0.15) is 5.26 Å². The highest BCUT2D eigenvalue weighted by atomic mass is 15.0. The SMILES string of the molecule is N#Cc1ccc(Cn2cc(Cn3ccnc3)c3ccccc32)cc1. The summed E-state index contributed by atoms with van der Waals surface area (Å²) in [7, 11) is 0. The minimum atomic E-state index is 0.692. The molecule has 2 aromatic carbocycles. The van der Waals surface area contributed by atoms with Gasteiger partial charge in [-0.05, 0) is 29.3 Å². The molecule has 0 saturated heterocycles. The number of nitrogens with zero attached hydrogens (tertiary/aromatic N) is 4. The van der Waals surface area contributed by atoms with Crippen molar-refractivity contribution in [2.75, 3.05) is 0 Å². The largest absolute Gasteiger partial charge is 0.343 e. The van der Waals surface area contributed by atoms with Gasteiger partial charge in [0.2, 0.25) is 0 Å². The molecule has 0 amide bonds. The van der Waals surface area contributed by atoms with Crippen molar-refractivity contribution in [3.05, 3.63) is 90.1 Å². The van der Waals surface area contributed by atoms with E-state index in [0.29, 0.717) is 5.56 Å². The van der Waals surface area contributed by atoms with Crippen LogP contribution in [0.2, 0.25) is 0 Å². The van der Waals surface area contributed by atoms with Gasteiger partial charge in [-0.25, -0.2) is 4.98 Å². The quantitative estimate of drug-likeness (QED) is 0.575. The molecule has 0 unspecified atom stereocenters. The summed E-state index contributed by atoms with van der Waals surface area (Å²) in [6, 6.07) is 18.4. The first-order chi connectivity index (χ1) is 11.8. The molecule has 4 aromatic rings. The van der Waals surface area contributed by atoms with Gasteiger partial charge in [0.25, 0.3) is 0 Å². The fourth-order valence-corrected chi connectivity index (χ4v) is 3.04. The van der Waals surface area contributed by atoms with Gasteiger partial charge in [-0.15, -0.1) is 0 Å². The predicted molar refractivity (Wildman–Crippen MR) is 93.5 cm³/mol. The Morgan fingerprint density at radius 1 is 1.00 bits per heavy atom. The standard InChI is InChI=1S/C20H16N4/c21-11-16-5-7-17(8-6-16)12-24-14-18(13-23-10-9-22-15-23)19-3-1-2-4-20(19)24/h1-10,14-15H,12-13H2. The van der Waals surface area contributed by atoms with Gasteiger partial charge in [0, 0.05) is 36.0 Å².